The first-order chi connectivity index (χ1) is 8.79. The van der Waals surface area contributed by atoms with Crippen molar-refractivity contribution < 1.29 is 4.79 Å². The first-order valence-electron chi connectivity index (χ1n) is 6.68. The molecule has 0 aromatic carbocycles. The molecule has 0 bridgehead atoms. The summed E-state index contributed by atoms with van der Waals surface area (Å²) < 4.78 is 0. The Bertz CT molecular complexity index is 374. The van der Waals surface area contributed by atoms with E-state index in [2.05, 4.69) is 10.3 Å². The van der Waals surface area contributed by atoms with Gasteiger partial charge in [-0.25, -0.2) is 0 Å². The summed E-state index contributed by atoms with van der Waals surface area (Å²) in [6.45, 7) is 0.531. The van der Waals surface area contributed by atoms with E-state index in [1.54, 1.807) is 12.4 Å². The molecule has 0 radical (unpaired) electrons. The van der Waals surface area contributed by atoms with Gasteiger partial charge in [0, 0.05) is 25.0 Å². The molecule has 4 nitrogen and oxygen atoms in total. The standard InChI is InChI=1S/C14H21N3O/c15-9-13(12-5-1-2-6-12)17-14(18)8-11-4-3-7-16-10-11/h3-4,7,10,12-13H,1-2,5-6,8-9,15H2,(H,17,18). The predicted octanol–water partition coefficient (Wildman–Crippen LogP) is 1.26. The van der Waals surface area contributed by atoms with Crippen molar-refractivity contribution in [2.75, 3.05) is 6.54 Å². The van der Waals surface area contributed by atoms with E-state index in [0.717, 1.165) is 5.56 Å². The average Bonchev–Trinajstić information content (AvgIpc) is 2.91. The molecule has 1 unspecified atom stereocenters. The van der Waals surface area contributed by atoms with Crippen molar-refractivity contribution in [1.29, 1.82) is 0 Å². The van der Waals surface area contributed by atoms with Crippen molar-refractivity contribution in [3.63, 3.8) is 0 Å². The van der Waals surface area contributed by atoms with Crippen molar-refractivity contribution in [1.82, 2.24) is 10.3 Å². The summed E-state index contributed by atoms with van der Waals surface area (Å²) in [5.41, 5.74) is 6.71. The number of nitrogens with one attached hydrogen (secondary N) is 1. The van der Waals surface area contributed by atoms with Crippen molar-refractivity contribution in [3.05, 3.63) is 30.1 Å². The van der Waals surface area contributed by atoms with E-state index in [4.69, 9.17) is 5.73 Å². The van der Waals surface area contributed by atoms with Crippen LogP contribution in [0.3, 0.4) is 0 Å². The molecule has 2 rings (SSSR count). The van der Waals surface area contributed by atoms with Crippen LogP contribution in [0.4, 0.5) is 0 Å². The Morgan fingerprint density at radius 2 is 2.28 bits per heavy atom. The van der Waals surface area contributed by atoms with Crippen LogP contribution < -0.4 is 11.1 Å². The molecule has 0 saturated heterocycles. The number of pyridine rings is 1. The third-order valence-corrected chi connectivity index (χ3v) is 3.66. The lowest BCUT2D eigenvalue weighted by molar-refractivity contribution is -0.121. The molecule has 1 fully saturated rings. The summed E-state index contributed by atoms with van der Waals surface area (Å²) in [7, 11) is 0. The number of carbonyl (C=O) groups is 1. The number of carbonyl (C=O) groups excluding carboxylic acids is 1. The van der Waals surface area contributed by atoms with Gasteiger partial charge in [0.05, 0.1) is 6.42 Å². The Balaban J connectivity index is 1.85. The van der Waals surface area contributed by atoms with Crippen molar-refractivity contribution >= 4 is 5.91 Å². The lowest BCUT2D eigenvalue weighted by Gasteiger charge is -2.23. The van der Waals surface area contributed by atoms with Crippen LogP contribution in [-0.4, -0.2) is 23.5 Å². The molecule has 1 saturated carbocycles. The van der Waals surface area contributed by atoms with Gasteiger partial charge in [-0.1, -0.05) is 18.9 Å². The molecule has 0 aliphatic heterocycles. The lowest BCUT2D eigenvalue weighted by atomic mass is 9.98. The zero-order valence-corrected chi connectivity index (χ0v) is 10.6. The van der Waals surface area contributed by atoms with E-state index in [-0.39, 0.29) is 11.9 Å². The lowest BCUT2D eigenvalue weighted by Crippen LogP contribution is -2.45. The first kappa shape index (κ1) is 13.0. The molecule has 4 heteroatoms. The smallest absolute Gasteiger partial charge is 0.224 e. The second kappa shape index (κ2) is 6.50. The molecule has 1 atom stereocenters. The van der Waals surface area contributed by atoms with E-state index in [0.29, 0.717) is 18.9 Å². The third kappa shape index (κ3) is 3.53. The number of amides is 1. The summed E-state index contributed by atoms with van der Waals surface area (Å²) in [5, 5.41) is 3.07. The quantitative estimate of drug-likeness (QED) is 0.823. The molecule has 0 spiro atoms. The fourth-order valence-electron chi connectivity index (χ4n) is 2.67. The van der Waals surface area contributed by atoms with Crippen LogP contribution in [0.15, 0.2) is 24.5 Å². The van der Waals surface area contributed by atoms with E-state index in [1.165, 1.54) is 25.7 Å². The van der Waals surface area contributed by atoms with E-state index >= 15 is 0 Å². The molecule has 98 valence electrons. The minimum absolute atomic E-state index is 0.0466. The monoisotopic (exact) mass is 247 g/mol. The van der Waals surface area contributed by atoms with Crippen molar-refractivity contribution in [3.8, 4) is 0 Å². The van der Waals surface area contributed by atoms with Gasteiger partial charge in [0.2, 0.25) is 5.91 Å². The van der Waals surface area contributed by atoms with Gasteiger partial charge in [0.1, 0.15) is 0 Å². The third-order valence-electron chi connectivity index (χ3n) is 3.66. The second-order valence-electron chi connectivity index (χ2n) is 4.99. The van der Waals surface area contributed by atoms with Crippen LogP contribution in [0.1, 0.15) is 31.2 Å². The number of aromatic nitrogens is 1. The van der Waals surface area contributed by atoms with Crippen LogP contribution in [-0.2, 0) is 11.2 Å². The topological polar surface area (TPSA) is 68.0 Å². The number of rotatable bonds is 5. The minimum atomic E-state index is 0.0466. The van der Waals surface area contributed by atoms with Gasteiger partial charge in [-0.3, -0.25) is 9.78 Å². The van der Waals surface area contributed by atoms with Gasteiger partial charge in [0.15, 0.2) is 0 Å². The Hall–Kier alpha value is -1.42. The molecule has 1 aliphatic rings. The predicted molar refractivity (Wildman–Crippen MR) is 70.9 cm³/mol. The molecular weight excluding hydrogens is 226 g/mol. The summed E-state index contributed by atoms with van der Waals surface area (Å²) in [4.78, 5) is 16.0. The van der Waals surface area contributed by atoms with Gasteiger partial charge in [-0.2, -0.15) is 0 Å². The van der Waals surface area contributed by atoms with Gasteiger partial charge >= 0.3 is 0 Å². The largest absolute Gasteiger partial charge is 0.352 e. The van der Waals surface area contributed by atoms with E-state index in [1.807, 2.05) is 12.1 Å². The summed E-state index contributed by atoms with van der Waals surface area (Å²) >= 11 is 0. The van der Waals surface area contributed by atoms with Crippen LogP contribution in [0.25, 0.3) is 0 Å². The van der Waals surface area contributed by atoms with E-state index < -0.39 is 0 Å². The molecule has 1 aromatic rings. The number of nitrogens with zero attached hydrogens (tertiary/aromatic N) is 1. The van der Waals surface area contributed by atoms with Gasteiger partial charge < -0.3 is 11.1 Å². The SMILES string of the molecule is NCC(NC(=O)Cc1cccnc1)C1CCCC1. The Morgan fingerprint density at radius 3 is 2.89 bits per heavy atom. The summed E-state index contributed by atoms with van der Waals surface area (Å²) in [6.07, 6.45) is 8.73. The van der Waals surface area contributed by atoms with Crippen LogP contribution in [0.2, 0.25) is 0 Å². The van der Waals surface area contributed by atoms with Crippen LogP contribution in [0, 0.1) is 5.92 Å². The maximum atomic E-state index is 11.9. The number of hydrogen-bond donors (Lipinski definition) is 2. The molecule has 18 heavy (non-hydrogen) atoms. The second-order valence-corrected chi connectivity index (χ2v) is 4.99. The highest BCUT2D eigenvalue weighted by molar-refractivity contribution is 5.78. The highest BCUT2D eigenvalue weighted by Gasteiger charge is 2.25. The van der Waals surface area contributed by atoms with Gasteiger partial charge in [-0.15, -0.1) is 0 Å². The fourth-order valence-corrected chi connectivity index (χ4v) is 2.67. The van der Waals surface area contributed by atoms with E-state index in [9.17, 15) is 4.79 Å². The molecule has 1 aromatic heterocycles. The van der Waals surface area contributed by atoms with Gasteiger partial charge in [-0.05, 0) is 30.4 Å². The fraction of sp³-hybridized carbons (Fsp3) is 0.571. The highest BCUT2D eigenvalue weighted by Crippen LogP contribution is 2.27. The van der Waals surface area contributed by atoms with Crippen LogP contribution >= 0.6 is 0 Å². The average molecular weight is 247 g/mol. The molecule has 1 amide bonds. The number of hydrogen-bond acceptors (Lipinski definition) is 3. The first-order valence-corrected chi connectivity index (χ1v) is 6.68. The minimum Gasteiger partial charge on any atom is -0.352 e. The number of nitrogens with two attached hydrogens (primary N) is 1. The molecule has 1 heterocycles. The normalized spacial score (nSPS) is 17.6. The van der Waals surface area contributed by atoms with Crippen LogP contribution in [0.5, 0.6) is 0 Å². The molecular formula is C14H21N3O. The Morgan fingerprint density at radius 1 is 1.50 bits per heavy atom. The maximum Gasteiger partial charge on any atom is 0.224 e. The summed E-state index contributed by atoms with van der Waals surface area (Å²) in [6, 6.07) is 3.90. The maximum absolute atomic E-state index is 11.9. The highest BCUT2D eigenvalue weighted by atomic mass is 16.1. The van der Waals surface area contributed by atoms with Crippen molar-refractivity contribution in [2.45, 2.75) is 38.1 Å². The Labute approximate surface area is 108 Å². The summed E-state index contributed by atoms with van der Waals surface area (Å²) in [5.74, 6) is 0.609. The zero-order chi connectivity index (χ0) is 12.8. The Kier molecular flexibility index (Phi) is 4.70. The van der Waals surface area contributed by atoms with Gasteiger partial charge in [0.25, 0.3) is 0 Å². The molecule has 3 N–H and O–H groups in total. The van der Waals surface area contributed by atoms with Crippen molar-refractivity contribution in [2.24, 2.45) is 11.7 Å². The zero-order valence-electron chi connectivity index (χ0n) is 10.6. The molecule has 1 aliphatic carbocycles.